The Labute approximate surface area is 127 Å². The third-order valence-corrected chi connectivity index (χ3v) is 6.79. The molecule has 0 bridgehead atoms. The number of sulfonamides is 1. The van der Waals surface area contributed by atoms with Crippen LogP contribution >= 0.6 is 11.3 Å². The largest absolute Gasteiger partial charge is 0.250 e. The molecule has 3 rings (SSSR count). The molecule has 1 N–H and O–H groups in total. The van der Waals surface area contributed by atoms with Crippen LogP contribution in [0.4, 0.5) is 4.39 Å². The van der Waals surface area contributed by atoms with Crippen LogP contribution in [0.3, 0.4) is 0 Å². The molecule has 6 heteroatoms. The maximum atomic E-state index is 13.0. The molecule has 0 amide bonds. The summed E-state index contributed by atoms with van der Waals surface area (Å²) in [4.78, 5) is 0.968. The second-order valence-corrected chi connectivity index (χ2v) is 8.76. The Morgan fingerprint density at radius 1 is 1.19 bits per heavy atom. The standard InChI is InChI=1S/C15H16FNO2S2/c1-11-2-7-14(20-11)21(18,19)17-10-15(8-9-15)12-3-5-13(16)6-4-12/h2-7,17H,8-10H2,1H3. The molecule has 0 radical (unpaired) electrons. The first-order valence-corrected chi connectivity index (χ1v) is 9.03. The summed E-state index contributed by atoms with van der Waals surface area (Å²) in [5.74, 6) is -0.274. The minimum atomic E-state index is -3.45. The summed E-state index contributed by atoms with van der Waals surface area (Å²) in [6, 6.07) is 9.75. The third kappa shape index (κ3) is 3.02. The molecule has 1 saturated carbocycles. The van der Waals surface area contributed by atoms with Crippen molar-refractivity contribution >= 4 is 21.4 Å². The van der Waals surface area contributed by atoms with Crippen LogP contribution in [-0.2, 0) is 15.4 Å². The van der Waals surface area contributed by atoms with E-state index in [1.807, 2.05) is 6.92 Å². The monoisotopic (exact) mass is 325 g/mol. The van der Waals surface area contributed by atoms with E-state index in [0.717, 1.165) is 23.3 Å². The maximum Gasteiger partial charge on any atom is 0.250 e. The Balaban J connectivity index is 1.74. The molecule has 1 heterocycles. The quantitative estimate of drug-likeness (QED) is 0.917. The molecule has 0 spiro atoms. The van der Waals surface area contributed by atoms with Gasteiger partial charge in [0.25, 0.3) is 0 Å². The van der Waals surface area contributed by atoms with E-state index >= 15 is 0 Å². The Kier molecular flexibility index (Phi) is 3.63. The molecule has 3 nitrogen and oxygen atoms in total. The molecule has 0 unspecified atom stereocenters. The lowest BCUT2D eigenvalue weighted by Crippen LogP contribution is -2.31. The van der Waals surface area contributed by atoms with Crippen molar-refractivity contribution in [1.82, 2.24) is 4.72 Å². The Morgan fingerprint density at radius 2 is 1.86 bits per heavy atom. The third-order valence-electron chi connectivity index (χ3n) is 3.89. The van der Waals surface area contributed by atoms with E-state index in [1.54, 1.807) is 24.3 Å². The van der Waals surface area contributed by atoms with E-state index < -0.39 is 10.0 Å². The number of thiophene rings is 1. The van der Waals surface area contributed by atoms with E-state index in [1.165, 1.54) is 23.5 Å². The number of hydrogen-bond acceptors (Lipinski definition) is 3. The fourth-order valence-electron chi connectivity index (χ4n) is 2.38. The van der Waals surface area contributed by atoms with Crippen LogP contribution < -0.4 is 4.72 Å². The highest BCUT2D eigenvalue weighted by atomic mass is 32.2. The van der Waals surface area contributed by atoms with E-state index in [2.05, 4.69) is 4.72 Å². The van der Waals surface area contributed by atoms with Crippen molar-refractivity contribution < 1.29 is 12.8 Å². The van der Waals surface area contributed by atoms with Crippen LogP contribution in [-0.4, -0.2) is 15.0 Å². The van der Waals surface area contributed by atoms with Crippen LogP contribution in [0.1, 0.15) is 23.3 Å². The lowest BCUT2D eigenvalue weighted by Gasteiger charge is -2.16. The number of benzene rings is 1. The molecule has 1 aliphatic carbocycles. The molecule has 0 aliphatic heterocycles. The topological polar surface area (TPSA) is 46.2 Å². The summed E-state index contributed by atoms with van der Waals surface area (Å²) < 4.78 is 40.5. The van der Waals surface area contributed by atoms with Gasteiger partial charge in [-0.1, -0.05) is 12.1 Å². The first kappa shape index (κ1) is 14.7. The minimum absolute atomic E-state index is 0.174. The lowest BCUT2D eigenvalue weighted by atomic mass is 9.96. The smallest absolute Gasteiger partial charge is 0.210 e. The van der Waals surface area contributed by atoms with Gasteiger partial charge in [-0.3, -0.25) is 0 Å². The summed E-state index contributed by atoms with van der Waals surface area (Å²) in [5.41, 5.74) is 0.821. The zero-order valence-corrected chi connectivity index (χ0v) is 13.2. The van der Waals surface area contributed by atoms with Gasteiger partial charge in [-0.25, -0.2) is 17.5 Å². The Bertz CT molecular complexity index is 746. The van der Waals surface area contributed by atoms with Gasteiger partial charge in [0, 0.05) is 16.8 Å². The van der Waals surface area contributed by atoms with Crippen LogP contribution in [0.2, 0.25) is 0 Å². The van der Waals surface area contributed by atoms with Crippen molar-refractivity contribution in [3.63, 3.8) is 0 Å². The zero-order valence-electron chi connectivity index (χ0n) is 11.6. The highest BCUT2D eigenvalue weighted by Crippen LogP contribution is 2.47. The maximum absolute atomic E-state index is 13.0. The average molecular weight is 325 g/mol. The number of nitrogens with one attached hydrogen (secondary N) is 1. The first-order valence-electron chi connectivity index (χ1n) is 6.74. The van der Waals surface area contributed by atoms with E-state index in [0.29, 0.717) is 10.8 Å². The van der Waals surface area contributed by atoms with Crippen LogP contribution in [0.5, 0.6) is 0 Å². The second-order valence-electron chi connectivity index (χ2n) is 5.48. The molecule has 0 atom stereocenters. The summed E-state index contributed by atoms with van der Waals surface area (Å²) >= 11 is 1.26. The zero-order chi connectivity index (χ0) is 15.1. The molecular formula is C15H16FNO2S2. The van der Waals surface area contributed by atoms with Gasteiger partial charge in [-0.15, -0.1) is 11.3 Å². The minimum Gasteiger partial charge on any atom is -0.210 e. The fraction of sp³-hybridized carbons (Fsp3) is 0.333. The second kappa shape index (κ2) is 5.19. The normalized spacial score (nSPS) is 16.9. The van der Waals surface area contributed by atoms with Crippen LogP contribution in [0, 0.1) is 12.7 Å². The molecular weight excluding hydrogens is 309 g/mol. The molecule has 1 aliphatic rings. The Hall–Kier alpha value is -1.24. The highest BCUT2D eigenvalue weighted by Gasteiger charge is 2.44. The van der Waals surface area contributed by atoms with Crippen molar-refractivity contribution in [2.45, 2.75) is 29.4 Å². The van der Waals surface area contributed by atoms with Crippen molar-refractivity contribution in [3.05, 3.63) is 52.7 Å². The number of hydrogen-bond donors (Lipinski definition) is 1. The van der Waals surface area contributed by atoms with Crippen molar-refractivity contribution in [3.8, 4) is 0 Å². The van der Waals surface area contributed by atoms with Crippen molar-refractivity contribution in [2.24, 2.45) is 0 Å². The van der Waals surface area contributed by atoms with E-state index in [9.17, 15) is 12.8 Å². The van der Waals surface area contributed by atoms with Gasteiger partial charge in [0.15, 0.2) is 0 Å². The van der Waals surface area contributed by atoms with Gasteiger partial charge in [0.05, 0.1) is 0 Å². The van der Waals surface area contributed by atoms with Crippen LogP contribution in [0.25, 0.3) is 0 Å². The van der Waals surface area contributed by atoms with Gasteiger partial charge in [0.1, 0.15) is 10.0 Å². The van der Waals surface area contributed by atoms with Gasteiger partial charge in [-0.2, -0.15) is 0 Å². The summed E-state index contributed by atoms with van der Waals surface area (Å²) in [7, 11) is -3.45. The van der Waals surface area contributed by atoms with Gasteiger partial charge >= 0.3 is 0 Å². The van der Waals surface area contributed by atoms with Crippen molar-refractivity contribution in [1.29, 1.82) is 0 Å². The number of rotatable bonds is 5. The molecule has 1 aromatic carbocycles. The van der Waals surface area contributed by atoms with Crippen LogP contribution in [0.15, 0.2) is 40.6 Å². The molecule has 2 aromatic rings. The molecule has 0 saturated heterocycles. The summed E-state index contributed by atoms with van der Waals surface area (Å²) in [5, 5.41) is 0. The molecule has 1 fully saturated rings. The van der Waals surface area contributed by atoms with Crippen molar-refractivity contribution in [2.75, 3.05) is 6.54 Å². The fourth-order valence-corrected chi connectivity index (χ4v) is 4.84. The average Bonchev–Trinajstić information content (AvgIpc) is 3.11. The lowest BCUT2D eigenvalue weighted by molar-refractivity contribution is 0.568. The Morgan fingerprint density at radius 3 is 2.38 bits per heavy atom. The summed E-state index contributed by atoms with van der Waals surface area (Å²) in [6.45, 7) is 2.24. The SMILES string of the molecule is Cc1ccc(S(=O)(=O)NCC2(c3ccc(F)cc3)CC2)s1. The van der Waals surface area contributed by atoms with Gasteiger partial charge < -0.3 is 0 Å². The van der Waals surface area contributed by atoms with Gasteiger partial charge in [0.2, 0.25) is 10.0 Å². The number of aryl methyl sites for hydroxylation is 1. The molecule has 1 aromatic heterocycles. The molecule has 21 heavy (non-hydrogen) atoms. The molecule has 112 valence electrons. The number of halogens is 1. The summed E-state index contributed by atoms with van der Waals surface area (Å²) in [6.07, 6.45) is 1.84. The van der Waals surface area contributed by atoms with Gasteiger partial charge in [-0.05, 0) is 49.6 Å². The first-order chi connectivity index (χ1) is 9.91. The predicted octanol–water partition coefficient (Wildman–Crippen LogP) is 3.21. The predicted molar refractivity (Wildman–Crippen MR) is 81.6 cm³/mol. The van der Waals surface area contributed by atoms with E-state index in [-0.39, 0.29) is 11.2 Å². The highest BCUT2D eigenvalue weighted by molar-refractivity contribution is 7.91. The van der Waals surface area contributed by atoms with E-state index in [4.69, 9.17) is 0 Å².